The third-order valence-corrected chi connectivity index (χ3v) is 12.6. The van der Waals surface area contributed by atoms with Crippen LogP contribution in [0.4, 0.5) is 0 Å². The zero-order chi connectivity index (χ0) is 40.7. The summed E-state index contributed by atoms with van der Waals surface area (Å²) < 4.78 is 6.03. The summed E-state index contributed by atoms with van der Waals surface area (Å²) in [6.07, 6.45) is 3.95. The number of likely N-dealkylation sites (tertiary alicyclic amines) is 1. The van der Waals surface area contributed by atoms with E-state index in [4.69, 9.17) is 22.1 Å². The number of rotatable bonds is 15. The van der Waals surface area contributed by atoms with Crippen molar-refractivity contribution in [3.8, 4) is 16.2 Å². The number of nitrogens with two attached hydrogens (primary N) is 1. The van der Waals surface area contributed by atoms with Crippen molar-refractivity contribution < 1.29 is 29.0 Å². The van der Waals surface area contributed by atoms with Crippen LogP contribution in [0.2, 0.25) is 5.02 Å². The van der Waals surface area contributed by atoms with Crippen molar-refractivity contribution >= 4 is 46.6 Å². The quantitative estimate of drug-likeness (QED) is 0.127. The topological polar surface area (TPSA) is 164 Å². The number of nitrogens with one attached hydrogen (secondary N) is 2. The molecule has 3 aromatic rings. The molecule has 1 aliphatic heterocycles. The van der Waals surface area contributed by atoms with E-state index in [0.29, 0.717) is 30.2 Å². The molecule has 2 fully saturated rings. The molecule has 1 saturated heterocycles. The monoisotopic (exact) mass is 807 g/mol. The molecule has 2 heterocycles. The molecule has 4 amide bonds. The van der Waals surface area contributed by atoms with Crippen LogP contribution in [0.15, 0.2) is 48.0 Å². The zero-order valence-electron chi connectivity index (χ0n) is 33.5. The Bertz CT molecular complexity index is 1840. The number of primary amides is 1. The molecule has 1 saturated carbocycles. The molecule has 5 atom stereocenters. The third kappa shape index (κ3) is 11.1. The van der Waals surface area contributed by atoms with Gasteiger partial charge in [0, 0.05) is 25.8 Å². The molecule has 5 N–H and O–H groups in total. The molecular formula is C43H58ClN5O6S. The van der Waals surface area contributed by atoms with Gasteiger partial charge < -0.3 is 31.1 Å². The highest BCUT2D eigenvalue weighted by Crippen LogP contribution is 2.42. The first-order valence-corrected chi connectivity index (χ1v) is 21.1. The molecule has 2 aromatic carbocycles. The molecule has 56 heavy (non-hydrogen) atoms. The standard InChI is InChI=1S/C43H58ClN5O6S/c1-25(10-19-36(45)51)23-55-35-9-7-8-33(38(35)44)30-13-11-28(12-14-30)20-37(52)48-40(43(4,5)6)42(54)49-22-32(50)21-34(49)41(53)47-26(2)29-15-17-31(18-16-29)39-27(3)46-24-56-39/h7-9,15-18,24-26,28,30,32,34,40,50H,10-14,19-23H2,1-6H3,(H2,45,51)(H,47,53)(H,48,52)/t25-,26-,28?,30?,32+,34-,40+/m0/s1. The normalized spacial score (nSPS) is 21.5. The second kappa shape index (κ2) is 19.0. The highest BCUT2D eigenvalue weighted by Gasteiger charge is 2.45. The minimum Gasteiger partial charge on any atom is -0.492 e. The Hall–Kier alpha value is -4.00. The Morgan fingerprint density at radius 1 is 1.05 bits per heavy atom. The van der Waals surface area contributed by atoms with Crippen molar-refractivity contribution in [2.24, 2.45) is 23.0 Å². The van der Waals surface area contributed by atoms with Crippen molar-refractivity contribution in [1.29, 1.82) is 0 Å². The second-order valence-corrected chi connectivity index (χ2v) is 18.1. The van der Waals surface area contributed by atoms with Crippen molar-refractivity contribution in [2.45, 2.75) is 123 Å². The maximum atomic E-state index is 14.2. The number of ether oxygens (including phenoxy) is 1. The first-order chi connectivity index (χ1) is 26.5. The molecular weight excluding hydrogens is 750 g/mol. The molecule has 11 nitrogen and oxygen atoms in total. The zero-order valence-corrected chi connectivity index (χ0v) is 35.1. The lowest BCUT2D eigenvalue weighted by Gasteiger charge is -2.36. The maximum Gasteiger partial charge on any atom is 0.246 e. The number of aliphatic hydroxyl groups excluding tert-OH is 1. The summed E-state index contributed by atoms with van der Waals surface area (Å²) in [4.78, 5) is 59.5. The number of carbonyl (C=O) groups excluding carboxylic acids is 4. The number of carbonyl (C=O) groups is 4. The largest absolute Gasteiger partial charge is 0.492 e. The van der Waals surface area contributed by atoms with E-state index in [9.17, 15) is 24.3 Å². The van der Waals surface area contributed by atoms with Gasteiger partial charge in [-0.3, -0.25) is 19.2 Å². The third-order valence-electron chi connectivity index (χ3n) is 11.2. The highest BCUT2D eigenvalue weighted by molar-refractivity contribution is 7.13. The van der Waals surface area contributed by atoms with E-state index >= 15 is 0 Å². The van der Waals surface area contributed by atoms with Gasteiger partial charge in [-0.05, 0) is 91.9 Å². The smallest absolute Gasteiger partial charge is 0.246 e. The highest BCUT2D eigenvalue weighted by atomic mass is 35.5. The Balaban J connectivity index is 1.15. The summed E-state index contributed by atoms with van der Waals surface area (Å²) in [5, 5.41) is 17.4. The van der Waals surface area contributed by atoms with E-state index in [1.165, 1.54) is 4.90 Å². The van der Waals surface area contributed by atoms with Gasteiger partial charge in [-0.2, -0.15) is 0 Å². The Kier molecular flexibility index (Phi) is 14.6. The van der Waals surface area contributed by atoms with Crippen molar-refractivity contribution in [3.05, 3.63) is 69.8 Å². The molecule has 0 radical (unpaired) electrons. The number of aryl methyl sites for hydroxylation is 1. The summed E-state index contributed by atoms with van der Waals surface area (Å²) in [7, 11) is 0. The van der Waals surface area contributed by atoms with Crippen molar-refractivity contribution in [2.75, 3.05) is 13.2 Å². The number of hydrogen-bond acceptors (Lipinski definition) is 8. The number of nitrogens with zero attached hydrogens (tertiary/aromatic N) is 2. The predicted molar refractivity (Wildman–Crippen MR) is 220 cm³/mol. The van der Waals surface area contributed by atoms with Crippen LogP contribution in [0.1, 0.15) is 115 Å². The molecule has 0 spiro atoms. The fraction of sp³-hybridized carbons (Fsp3) is 0.558. The maximum absolute atomic E-state index is 14.2. The van der Waals surface area contributed by atoms with Gasteiger partial charge in [-0.25, -0.2) is 4.98 Å². The summed E-state index contributed by atoms with van der Waals surface area (Å²) in [6.45, 7) is 12.0. The lowest BCUT2D eigenvalue weighted by Crippen LogP contribution is -2.58. The summed E-state index contributed by atoms with van der Waals surface area (Å²) >= 11 is 8.42. The van der Waals surface area contributed by atoms with Crippen LogP contribution in [0.3, 0.4) is 0 Å². The second-order valence-electron chi connectivity index (χ2n) is 16.9. The van der Waals surface area contributed by atoms with Crippen molar-refractivity contribution in [3.63, 3.8) is 0 Å². The van der Waals surface area contributed by atoms with Gasteiger partial charge in [0.25, 0.3) is 0 Å². The number of halogens is 1. The molecule has 13 heteroatoms. The van der Waals surface area contributed by atoms with E-state index in [2.05, 4.69) is 15.6 Å². The van der Waals surface area contributed by atoms with Crippen LogP contribution in [-0.4, -0.2) is 70.0 Å². The summed E-state index contributed by atoms with van der Waals surface area (Å²) in [5.41, 5.74) is 10.4. The van der Waals surface area contributed by atoms with E-state index in [-0.39, 0.29) is 66.8 Å². The molecule has 5 rings (SSSR count). The number of hydrogen-bond donors (Lipinski definition) is 4. The minimum atomic E-state index is -0.882. The number of β-amino-alcohol motifs (C(OH)–C–C–N with tert-alkyl or cyclic N) is 1. The Morgan fingerprint density at radius 3 is 2.38 bits per heavy atom. The molecule has 0 bridgehead atoms. The van der Waals surface area contributed by atoms with Gasteiger partial charge in [0.1, 0.15) is 17.8 Å². The summed E-state index contributed by atoms with van der Waals surface area (Å²) in [5.74, 6) is -0.0646. The Labute approximate surface area is 340 Å². The minimum absolute atomic E-state index is 0.0176. The number of thiazole rings is 1. The van der Waals surface area contributed by atoms with Gasteiger partial charge in [-0.1, -0.05) is 75.7 Å². The van der Waals surface area contributed by atoms with Gasteiger partial charge in [-0.15, -0.1) is 11.3 Å². The number of aromatic nitrogens is 1. The van der Waals surface area contributed by atoms with Crippen LogP contribution in [0.25, 0.3) is 10.4 Å². The summed E-state index contributed by atoms with van der Waals surface area (Å²) in [6, 6.07) is 11.8. The van der Waals surface area contributed by atoms with E-state index < -0.39 is 23.6 Å². The van der Waals surface area contributed by atoms with Gasteiger partial charge >= 0.3 is 0 Å². The Morgan fingerprint density at radius 2 is 1.75 bits per heavy atom. The molecule has 0 unspecified atom stereocenters. The molecule has 304 valence electrons. The fourth-order valence-electron chi connectivity index (χ4n) is 7.83. The average molecular weight is 808 g/mol. The number of aliphatic hydroxyl groups is 1. The average Bonchev–Trinajstić information content (AvgIpc) is 3.77. The van der Waals surface area contributed by atoms with E-state index in [1.807, 2.05) is 89.5 Å². The number of amides is 4. The van der Waals surface area contributed by atoms with Gasteiger partial charge in [0.05, 0.1) is 39.9 Å². The lowest BCUT2D eigenvalue weighted by molar-refractivity contribution is -0.144. The lowest BCUT2D eigenvalue weighted by atomic mass is 9.77. The van der Waals surface area contributed by atoms with Crippen LogP contribution < -0.4 is 21.1 Å². The first-order valence-electron chi connectivity index (χ1n) is 19.8. The van der Waals surface area contributed by atoms with E-state index in [0.717, 1.165) is 52.9 Å². The first kappa shape index (κ1) is 43.1. The van der Waals surface area contributed by atoms with Gasteiger partial charge in [0.15, 0.2) is 0 Å². The van der Waals surface area contributed by atoms with Crippen LogP contribution in [0, 0.1) is 24.2 Å². The van der Waals surface area contributed by atoms with Crippen LogP contribution >= 0.6 is 22.9 Å². The van der Waals surface area contributed by atoms with Gasteiger partial charge in [0.2, 0.25) is 23.6 Å². The fourth-order valence-corrected chi connectivity index (χ4v) is 8.98. The van der Waals surface area contributed by atoms with Crippen molar-refractivity contribution in [1.82, 2.24) is 20.5 Å². The SMILES string of the molecule is Cc1ncsc1-c1ccc([C@H](C)NC(=O)[C@@H]2C[C@@H](O)CN2C(=O)[C@@H](NC(=O)CC2CCC(c3cccc(OC[C@@H](C)CCC(N)=O)c3Cl)CC2)C(C)(C)C)cc1. The molecule has 1 aromatic heterocycles. The predicted octanol–water partition coefficient (Wildman–Crippen LogP) is 7.09. The molecule has 1 aliphatic carbocycles. The van der Waals surface area contributed by atoms with Crippen LogP contribution in [-0.2, 0) is 19.2 Å². The molecule has 2 aliphatic rings. The van der Waals surface area contributed by atoms with Crippen LogP contribution in [0.5, 0.6) is 5.75 Å². The van der Waals surface area contributed by atoms with E-state index in [1.54, 1.807) is 11.3 Å². The number of benzene rings is 2.